The molecule has 0 radical (unpaired) electrons. The van der Waals surface area contributed by atoms with Crippen LogP contribution in [0.3, 0.4) is 0 Å². The van der Waals surface area contributed by atoms with Gasteiger partial charge >= 0.3 is 7.82 Å². The van der Waals surface area contributed by atoms with Gasteiger partial charge in [0.05, 0.1) is 0 Å². The van der Waals surface area contributed by atoms with Crippen molar-refractivity contribution in [2.24, 2.45) is 0 Å². The lowest BCUT2D eigenvalue weighted by Gasteiger charge is -2.22. The predicted molar refractivity (Wildman–Crippen MR) is 101 cm³/mol. The standard InChI is InChI=1S/C21H17O4P/c1-23-26(22)24-18-12-10-14-6-2-4-8-16(14)20(18)21-17-9-5-3-7-15(17)11-13-19(21)25-26/h2-12,19H,13H2,1H3. The van der Waals surface area contributed by atoms with E-state index in [1.54, 1.807) is 0 Å². The van der Waals surface area contributed by atoms with Crippen LogP contribution in [0.5, 0.6) is 5.75 Å². The SMILES string of the molecule is COP1(=O)Oc2ccc3ccccc3c2C2=c3ccccc3=CCC2O1. The van der Waals surface area contributed by atoms with E-state index in [1.807, 2.05) is 36.4 Å². The Kier molecular flexibility index (Phi) is 3.54. The van der Waals surface area contributed by atoms with Gasteiger partial charge in [0.15, 0.2) is 0 Å². The molecule has 1 heterocycles. The van der Waals surface area contributed by atoms with Crippen LogP contribution in [-0.2, 0) is 13.6 Å². The smallest absolute Gasteiger partial charge is 0.403 e. The molecule has 1 aliphatic carbocycles. The van der Waals surface area contributed by atoms with Crippen LogP contribution in [0.25, 0.3) is 22.4 Å². The molecule has 1 aliphatic heterocycles. The zero-order chi connectivity index (χ0) is 17.7. The Bertz CT molecular complexity index is 1200. The highest BCUT2D eigenvalue weighted by Crippen LogP contribution is 2.56. The lowest BCUT2D eigenvalue weighted by Crippen LogP contribution is -2.35. The second-order valence-electron chi connectivity index (χ2n) is 6.42. The highest BCUT2D eigenvalue weighted by Gasteiger charge is 2.39. The van der Waals surface area contributed by atoms with E-state index < -0.39 is 7.82 Å². The molecule has 26 heavy (non-hydrogen) atoms. The topological polar surface area (TPSA) is 44.8 Å². The monoisotopic (exact) mass is 364 g/mol. The molecule has 5 rings (SSSR count). The molecule has 0 bridgehead atoms. The van der Waals surface area contributed by atoms with E-state index in [0.29, 0.717) is 12.2 Å². The first kappa shape index (κ1) is 15.8. The van der Waals surface area contributed by atoms with E-state index in [-0.39, 0.29) is 6.10 Å². The molecule has 3 aromatic rings. The quantitative estimate of drug-likeness (QED) is 0.617. The molecule has 130 valence electrons. The fourth-order valence-electron chi connectivity index (χ4n) is 3.82. The third kappa shape index (κ3) is 2.34. The first-order valence-electron chi connectivity index (χ1n) is 8.54. The van der Waals surface area contributed by atoms with Crippen LogP contribution in [0.15, 0.2) is 60.7 Å². The number of phosphoric ester groups is 1. The number of fused-ring (bicyclic) bond motifs is 6. The molecule has 0 amide bonds. The van der Waals surface area contributed by atoms with Crippen LogP contribution in [0.1, 0.15) is 12.0 Å². The van der Waals surface area contributed by atoms with Crippen molar-refractivity contribution >= 4 is 30.2 Å². The number of rotatable bonds is 1. The van der Waals surface area contributed by atoms with E-state index in [0.717, 1.165) is 32.3 Å². The van der Waals surface area contributed by atoms with Gasteiger partial charge in [0.25, 0.3) is 0 Å². The molecule has 2 unspecified atom stereocenters. The van der Waals surface area contributed by atoms with E-state index >= 15 is 0 Å². The van der Waals surface area contributed by atoms with Gasteiger partial charge in [-0.3, -0.25) is 9.05 Å². The van der Waals surface area contributed by atoms with Crippen molar-refractivity contribution in [2.45, 2.75) is 12.5 Å². The largest absolute Gasteiger partial charge is 0.530 e. The Balaban J connectivity index is 1.97. The number of hydrogen-bond acceptors (Lipinski definition) is 4. The highest BCUT2D eigenvalue weighted by molar-refractivity contribution is 7.49. The van der Waals surface area contributed by atoms with Crippen molar-refractivity contribution < 1.29 is 18.1 Å². The fraction of sp³-hybridized carbons (Fsp3) is 0.143. The summed E-state index contributed by atoms with van der Waals surface area (Å²) >= 11 is 0. The minimum absolute atomic E-state index is 0.386. The van der Waals surface area contributed by atoms with Crippen LogP contribution < -0.4 is 15.0 Å². The zero-order valence-corrected chi connectivity index (χ0v) is 15.1. The number of benzene rings is 3. The molecule has 2 aliphatic rings. The Morgan fingerprint density at radius 1 is 1.04 bits per heavy atom. The third-order valence-corrected chi connectivity index (χ3v) is 6.36. The highest BCUT2D eigenvalue weighted by atomic mass is 31.2. The first-order chi connectivity index (χ1) is 12.7. The van der Waals surface area contributed by atoms with Crippen molar-refractivity contribution in [2.75, 3.05) is 7.11 Å². The first-order valence-corrected chi connectivity index (χ1v) is 10.00. The van der Waals surface area contributed by atoms with Gasteiger partial charge in [0.2, 0.25) is 0 Å². The maximum absolute atomic E-state index is 13.0. The molecule has 2 atom stereocenters. The summed E-state index contributed by atoms with van der Waals surface area (Å²) in [6.07, 6.45) is 2.34. The van der Waals surface area contributed by atoms with Crippen LogP contribution in [-0.4, -0.2) is 13.2 Å². The molecule has 0 saturated heterocycles. The summed E-state index contributed by atoms with van der Waals surface area (Å²) in [5.41, 5.74) is 1.94. The normalized spacial score (nSPS) is 23.9. The van der Waals surface area contributed by atoms with Crippen LogP contribution in [0, 0.1) is 0 Å². The van der Waals surface area contributed by atoms with Crippen molar-refractivity contribution in [3.05, 3.63) is 76.7 Å². The van der Waals surface area contributed by atoms with Gasteiger partial charge in [-0.05, 0) is 33.7 Å². The van der Waals surface area contributed by atoms with Crippen molar-refractivity contribution in [1.29, 1.82) is 0 Å². The molecule has 0 N–H and O–H groups in total. The van der Waals surface area contributed by atoms with Gasteiger partial charge < -0.3 is 4.52 Å². The third-order valence-electron chi connectivity index (χ3n) is 4.98. The van der Waals surface area contributed by atoms with Gasteiger partial charge in [-0.1, -0.05) is 60.7 Å². The maximum atomic E-state index is 13.0. The van der Waals surface area contributed by atoms with Crippen LogP contribution in [0.4, 0.5) is 0 Å². The molecule has 0 saturated carbocycles. The summed E-state index contributed by atoms with van der Waals surface area (Å²) in [5.74, 6) is 0.531. The molecule has 4 nitrogen and oxygen atoms in total. The van der Waals surface area contributed by atoms with Gasteiger partial charge in [-0.25, -0.2) is 4.57 Å². The number of phosphoric acid groups is 1. The van der Waals surface area contributed by atoms with Gasteiger partial charge in [0, 0.05) is 18.2 Å². The Labute approximate surface area is 150 Å². The minimum Gasteiger partial charge on any atom is -0.403 e. The molecule has 0 fully saturated rings. The van der Waals surface area contributed by atoms with Gasteiger partial charge in [0.1, 0.15) is 11.9 Å². The maximum Gasteiger partial charge on any atom is 0.530 e. The average molecular weight is 364 g/mol. The summed E-state index contributed by atoms with van der Waals surface area (Å²) in [6.45, 7) is 0. The molecular weight excluding hydrogens is 347 g/mol. The number of hydrogen-bond donors (Lipinski definition) is 0. The van der Waals surface area contributed by atoms with Gasteiger partial charge in [-0.15, -0.1) is 0 Å². The van der Waals surface area contributed by atoms with Gasteiger partial charge in [-0.2, -0.15) is 0 Å². The lowest BCUT2D eigenvalue weighted by atomic mass is 9.88. The molecule has 0 aromatic heterocycles. The van der Waals surface area contributed by atoms with E-state index in [1.165, 1.54) is 7.11 Å². The molecular formula is C21H17O4P. The summed E-state index contributed by atoms with van der Waals surface area (Å²) in [7, 11) is -2.34. The van der Waals surface area contributed by atoms with E-state index in [9.17, 15) is 4.57 Å². The Hall–Kier alpha value is -2.39. The summed E-state index contributed by atoms with van der Waals surface area (Å²) in [4.78, 5) is 0. The van der Waals surface area contributed by atoms with Crippen LogP contribution >= 0.6 is 7.82 Å². The second kappa shape index (κ2) is 5.82. The summed E-state index contributed by atoms with van der Waals surface area (Å²) in [6, 6.07) is 20.1. The fourth-order valence-corrected chi connectivity index (χ4v) is 4.92. The minimum atomic E-state index is -3.69. The summed E-state index contributed by atoms with van der Waals surface area (Å²) < 4.78 is 29.8. The van der Waals surface area contributed by atoms with Crippen molar-refractivity contribution in [3.8, 4) is 5.75 Å². The van der Waals surface area contributed by atoms with Crippen LogP contribution in [0.2, 0.25) is 0 Å². The lowest BCUT2D eigenvalue weighted by molar-refractivity contribution is 0.160. The predicted octanol–water partition coefficient (Wildman–Crippen LogP) is 3.76. The Morgan fingerprint density at radius 3 is 2.73 bits per heavy atom. The summed E-state index contributed by atoms with van der Waals surface area (Å²) in [5, 5.41) is 4.38. The average Bonchev–Trinajstić information content (AvgIpc) is 2.82. The molecule has 3 aromatic carbocycles. The molecule has 5 heteroatoms. The van der Waals surface area contributed by atoms with Crippen molar-refractivity contribution in [3.63, 3.8) is 0 Å². The zero-order valence-electron chi connectivity index (χ0n) is 14.2. The van der Waals surface area contributed by atoms with E-state index in [4.69, 9.17) is 13.6 Å². The van der Waals surface area contributed by atoms with Crippen molar-refractivity contribution in [1.82, 2.24) is 0 Å². The van der Waals surface area contributed by atoms with E-state index in [2.05, 4.69) is 30.3 Å². The Morgan fingerprint density at radius 2 is 1.85 bits per heavy atom. The molecule has 0 spiro atoms. The second-order valence-corrected chi connectivity index (χ2v) is 8.07.